The number of ether oxygens (including phenoxy) is 2. The molecular formula is C30H33N5O3S. The van der Waals surface area contributed by atoms with Crippen LogP contribution in [0.5, 0.6) is 11.5 Å². The third-order valence-corrected chi connectivity index (χ3v) is 6.83. The largest absolute Gasteiger partial charge is 0.497 e. The van der Waals surface area contributed by atoms with Crippen LogP contribution < -0.4 is 14.9 Å². The number of hydrazone groups is 1. The SMILES string of the molecule is CCOc1ccc(/C=N/NC(=O)CSc2nnc(-c3ccc(C(C)(C)C)cc3)n2-c2ccc(OC)cc2)cc1. The van der Waals surface area contributed by atoms with E-state index in [-0.39, 0.29) is 17.1 Å². The molecule has 0 saturated heterocycles. The number of thioether (sulfide) groups is 1. The van der Waals surface area contributed by atoms with Crippen LogP contribution in [0.2, 0.25) is 0 Å². The monoisotopic (exact) mass is 543 g/mol. The van der Waals surface area contributed by atoms with Crippen molar-refractivity contribution >= 4 is 23.9 Å². The number of aromatic nitrogens is 3. The normalized spacial score (nSPS) is 11.5. The van der Waals surface area contributed by atoms with Gasteiger partial charge in [-0.15, -0.1) is 10.2 Å². The molecule has 1 aromatic heterocycles. The first kappa shape index (κ1) is 27.9. The molecule has 4 aromatic rings. The summed E-state index contributed by atoms with van der Waals surface area (Å²) < 4.78 is 12.7. The topological polar surface area (TPSA) is 90.6 Å². The van der Waals surface area contributed by atoms with E-state index in [4.69, 9.17) is 9.47 Å². The average molecular weight is 544 g/mol. The van der Waals surface area contributed by atoms with Crippen molar-refractivity contribution in [2.45, 2.75) is 38.3 Å². The number of carbonyl (C=O) groups excluding carboxylic acids is 1. The molecule has 0 fully saturated rings. The maximum absolute atomic E-state index is 12.5. The number of rotatable bonds is 10. The lowest BCUT2D eigenvalue weighted by Crippen LogP contribution is -2.20. The van der Waals surface area contributed by atoms with Crippen molar-refractivity contribution in [2.75, 3.05) is 19.5 Å². The molecule has 0 aliphatic rings. The Morgan fingerprint density at radius 1 is 0.974 bits per heavy atom. The van der Waals surface area contributed by atoms with Gasteiger partial charge in [0, 0.05) is 11.3 Å². The summed E-state index contributed by atoms with van der Waals surface area (Å²) in [4.78, 5) is 12.5. The molecule has 0 radical (unpaired) electrons. The molecular weight excluding hydrogens is 510 g/mol. The van der Waals surface area contributed by atoms with E-state index >= 15 is 0 Å². The molecule has 0 atom stereocenters. The fourth-order valence-electron chi connectivity index (χ4n) is 3.79. The van der Waals surface area contributed by atoms with Crippen LogP contribution >= 0.6 is 11.8 Å². The van der Waals surface area contributed by atoms with Gasteiger partial charge in [0.05, 0.1) is 25.7 Å². The summed E-state index contributed by atoms with van der Waals surface area (Å²) in [6.07, 6.45) is 1.59. The van der Waals surface area contributed by atoms with Crippen LogP contribution in [0.25, 0.3) is 17.1 Å². The van der Waals surface area contributed by atoms with Gasteiger partial charge in [-0.2, -0.15) is 5.10 Å². The van der Waals surface area contributed by atoms with Crippen molar-refractivity contribution < 1.29 is 14.3 Å². The van der Waals surface area contributed by atoms with Gasteiger partial charge in [0.1, 0.15) is 11.5 Å². The minimum atomic E-state index is -0.248. The van der Waals surface area contributed by atoms with E-state index in [9.17, 15) is 4.79 Å². The lowest BCUT2D eigenvalue weighted by atomic mass is 9.87. The number of hydrogen-bond acceptors (Lipinski definition) is 7. The average Bonchev–Trinajstić information content (AvgIpc) is 3.36. The smallest absolute Gasteiger partial charge is 0.250 e. The van der Waals surface area contributed by atoms with Crippen molar-refractivity contribution in [3.8, 4) is 28.6 Å². The highest BCUT2D eigenvalue weighted by atomic mass is 32.2. The molecule has 0 unspecified atom stereocenters. The molecule has 9 heteroatoms. The summed E-state index contributed by atoms with van der Waals surface area (Å²) in [7, 11) is 1.63. The van der Waals surface area contributed by atoms with Gasteiger partial charge in [0.15, 0.2) is 11.0 Å². The van der Waals surface area contributed by atoms with E-state index in [2.05, 4.69) is 65.8 Å². The van der Waals surface area contributed by atoms with Crippen LogP contribution in [0.1, 0.15) is 38.8 Å². The second-order valence-corrected chi connectivity index (χ2v) is 10.7. The second-order valence-electron chi connectivity index (χ2n) is 9.75. The first-order chi connectivity index (χ1) is 18.8. The van der Waals surface area contributed by atoms with E-state index in [0.29, 0.717) is 17.6 Å². The Labute approximate surface area is 233 Å². The van der Waals surface area contributed by atoms with Gasteiger partial charge < -0.3 is 9.47 Å². The first-order valence-corrected chi connectivity index (χ1v) is 13.7. The summed E-state index contributed by atoms with van der Waals surface area (Å²) in [5.74, 6) is 2.11. The first-order valence-electron chi connectivity index (χ1n) is 12.7. The second kappa shape index (κ2) is 12.6. The summed E-state index contributed by atoms with van der Waals surface area (Å²) in [6, 6.07) is 23.5. The third kappa shape index (κ3) is 7.26. The lowest BCUT2D eigenvalue weighted by Gasteiger charge is -2.19. The predicted molar refractivity (Wildman–Crippen MR) is 156 cm³/mol. The van der Waals surface area contributed by atoms with Crippen LogP contribution in [0, 0.1) is 0 Å². The van der Waals surface area contributed by atoms with Crippen LogP contribution in [0.4, 0.5) is 0 Å². The van der Waals surface area contributed by atoms with Crippen molar-refractivity contribution in [1.82, 2.24) is 20.2 Å². The summed E-state index contributed by atoms with van der Waals surface area (Å²) in [5, 5.41) is 13.6. The zero-order valence-corrected chi connectivity index (χ0v) is 23.7. The van der Waals surface area contributed by atoms with Gasteiger partial charge in [-0.3, -0.25) is 9.36 Å². The van der Waals surface area contributed by atoms with E-state index in [1.54, 1.807) is 13.3 Å². The number of benzene rings is 3. The Morgan fingerprint density at radius 3 is 2.26 bits per heavy atom. The Kier molecular flexibility index (Phi) is 9.03. The highest BCUT2D eigenvalue weighted by Crippen LogP contribution is 2.30. The standard InChI is InChI=1S/C30H33N5O3S/c1-6-38-26-15-7-21(8-16-26)19-31-32-27(36)20-39-29-34-33-28(22-9-11-23(12-10-22)30(2,3)4)35(29)24-13-17-25(37-5)18-14-24/h7-19H,6,20H2,1-5H3,(H,32,36)/b31-19+. The number of nitrogens with one attached hydrogen (secondary N) is 1. The number of amides is 1. The van der Waals surface area contributed by atoms with Gasteiger partial charge in [-0.25, -0.2) is 5.43 Å². The van der Waals surface area contributed by atoms with Gasteiger partial charge in [-0.05, 0) is 72.0 Å². The maximum Gasteiger partial charge on any atom is 0.250 e. The van der Waals surface area contributed by atoms with Gasteiger partial charge >= 0.3 is 0 Å². The van der Waals surface area contributed by atoms with Crippen molar-refractivity contribution in [3.63, 3.8) is 0 Å². The molecule has 0 bridgehead atoms. The molecule has 0 aliphatic carbocycles. The molecule has 0 spiro atoms. The van der Waals surface area contributed by atoms with Gasteiger partial charge in [0.2, 0.25) is 0 Å². The zero-order valence-electron chi connectivity index (χ0n) is 22.8. The fourth-order valence-corrected chi connectivity index (χ4v) is 4.54. The van der Waals surface area contributed by atoms with Gasteiger partial charge in [-0.1, -0.05) is 56.8 Å². The van der Waals surface area contributed by atoms with E-state index in [0.717, 1.165) is 28.3 Å². The number of hydrogen-bond donors (Lipinski definition) is 1. The predicted octanol–water partition coefficient (Wildman–Crippen LogP) is 5.88. The molecule has 4 rings (SSSR count). The Hall–Kier alpha value is -4.11. The molecule has 1 amide bonds. The van der Waals surface area contributed by atoms with E-state index in [1.807, 2.05) is 60.0 Å². The number of methoxy groups -OCH3 is 1. The Balaban J connectivity index is 1.50. The minimum absolute atomic E-state index is 0.0476. The van der Waals surface area contributed by atoms with Gasteiger partial charge in [0.25, 0.3) is 5.91 Å². The maximum atomic E-state index is 12.5. The molecule has 3 aromatic carbocycles. The molecule has 0 aliphatic heterocycles. The molecule has 202 valence electrons. The van der Waals surface area contributed by atoms with Crippen LogP contribution in [0.3, 0.4) is 0 Å². The minimum Gasteiger partial charge on any atom is -0.497 e. The third-order valence-electron chi connectivity index (χ3n) is 5.90. The van der Waals surface area contributed by atoms with Crippen molar-refractivity contribution in [1.29, 1.82) is 0 Å². The Bertz CT molecular complexity index is 1410. The molecule has 1 N–H and O–H groups in total. The fraction of sp³-hybridized carbons (Fsp3) is 0.267. The quantitative estimate of drug-likeness (QED) is 0.153. The molecule has 0 saturated carbocycles. The van der Waals surface area contributed by atoms with Crippen molar-refractivity contribution in [2.24, 2.45) is 5.10 Å². The highest BCUT2D eigenvalue weighted by molar-refractivity contribution is 7.99. The highest BCUT2D eigenvalue weighted by Gasteiger charge is 2.19. The lowest BCUT2D eigenvalue weighted by molar-refractivity contribution is -0.118. The Morgan fingerprint density at radius 2 is 1.64 bits per heavy atom. The van der Waals surface area contributed by atoms with Crippen molar-refractivity contribution in [3.05, 3.63) is 83.9 Å². The van der Waals surface area contributed by atoms with Crippen LogP contribution in [-0.4, -0.2) is 46.4 Å². The number of carbonyl (C=O) groups is 1. The number of nitrogens with zero attached hydrogens (tertiary/aromatic N) is 4. The summed E-state index contributed by atoms with van der Waals surface area (Å²) in [6.45, 7) is 9.10. The summed E-state index contributed by atoms with van der Waals surface area (Å²) in [5.41, 5.74) is 6.52. The summed E-state index contributed by atoms with van der Waals surface area (Å²) >= 11 is 1.29. The molecule has 39 heavy (non-hydrogen) atoms. The van der Waals surface area contributed by atoms with Crippen LogP contribution in [-0.2, 0) is 10.2 Å². The zero-order chi connectivity index (χ0) is 27.8. The van der Waals surface area contributed by atoms with E-state index in [1.165, 1.54) is 17.3 Å². The molecule has 8 nitrogen and oxygen atoms in total. The van der Waals surface area contributed by atoms with Crippen LogP contribution in [0.15, 0.2) is 83.1 Å². The molecule has 1 heterocycles. The van der Waals surface area contributed by atoms with E-state index < -0.39 is 0 Å².